The lowest BCUT2D eigenvalue weighted by Gasteiger charge is -2.13. The van der Waals surface area contributed by atoms with Gasteiger partial charge in [0.1, 0.15) is 11.5 Å². The summed E-state index contributed by atoms with van der Waals surface area (Å²) in [6.07, 6.45) is 5.96. The van der Waals surface area contributed by atoms with E-state index >= 15 is 0 Å². The number of phenolic OH excluding ortho intramolecular Hbond substituents is 2. The van der Waals surface area contributed by atoms with Crippen molar-refractivity contribution in [2.24, 2.45) is 9.98 Å². The lowest BCUT2D eigenvalue weighted by molar-refractivity contribution is 0.103. The number of hydrogen-bond donors (Lipinski definition) is 4. The van der Waals surface area contributed by atoms with E-state index in [-0.39, 0.29) is 33.8 Å². The molecule has 1 aliphatic heterocycles. The maximum Gasteiger partial charge on any atom is 0.199 e. The summed E-state index contributed by atoms with van der Waals surface area (Å²) >= 11 is 0. The van der Waals surface area contributed by atoms with E-state index in [2.05, 4.69) is 10.6 Å². The van der Waals surface area contributed by atoms with Crippen LogP contribution in [0.2, 0.25) is 0 Å². The van der Waals surface area contributed by atoms with E-state index in [1.165, 1.54) is 37.0 Å². The summed E-state index contributed by atoms with van der Waals surface area (Å²) in [5.74, 6) is -1.17. The van der Waals surface area contributed by atoms with Crippen LogP contribution in [-0.2, 0) is 0 Å². The van der Waals surface area contributed by atoms with Crippen LogP contribution >= 0.6 is 0 Å². The number of fused-ring (bicyclic) bond motifs is 4. The maximum absolute atomic E-state index is 13.8. The number of nitrogens with zero attached hydrogens (tertiary/aromatic N) is 2. The summed E-state index contributed by atoms with van der Waals surface area (Å²) in [5.41, 5.74) is 2.73. The number of anilines is 2. The highest BCUT2D eigenvalue weighted by molar-refractivity contribution is 6.24. The zero-order valence-corrected chi connectivity index (χ0v) is 25.5. The number of hydrogen-bond acceptors (Lipinski definition) is 8. The van der Waals surface area contributed by atoms with Crippen molar-refractivity contribution in [3.05, 3.63) is 156 Å². The summed E-state index contributed by atoms with van der Waals surface area (Å²) in [6, 6.07) is 35.8. The van der Waals surface area contributed by atoms with Crippen molar-refractivity contribution in [2.75, 3.05) is 10.6 Å². The van der Waals surface area contributed by atoms with E-state index in [0.717, 1.165) is 21.5 Å². The average Bonchev–Trinajstić information content (AvgIpc) is 3.11. The van der Waals surface area contributed by atoms with E-state index in [4.69, 9.17) is 9.98 Å². The molecule has 48 heavy (non-hydrogen) atoms. The van der Waals surface area contributed by atoms with Crippen molar-refractivity contribution in [1.29, 1.82) is 0 Å². The Morgan fingerprint density at radius 1 is 0.479 bits per heavy atom. The van der Waals surface area contributed by atoms with Gasteiger partial charge in [-0.25, -0.2) is 0 Å². The Labute approximate surface area is 275 Å². The minimum Gasteiger partial charge on any atom is -0.507 e. The molecule has 0 aromatic heterocycles. The Bertz CT molecular complexity index is 2200. The molecule has 4 N–H and O–H groups in total. The third-order valence-electron chi connectivity index (χ3n) is 8.00. The number of Topliss-reactive ketones (excluding diaryl/α,β-unsaturated/α-hetero) is 2. The highest BCUT2D eigenvalue weighted by Crippen LogP contribution is 2.34. The first-order valence-electron chi connectivity index (χ1n) is 15.2. The third-order valence-corrected chi connectivity index (χ3v) is 8.00. The van der Waals surface area contributed by atoms with Gasteiger partial charge in [0, 0.05) is 24.8 Å². The Kier molecular flexibility index (Phi) is 8.03. The SMILES string of the molecule is O=C(/C1=C\Nc2cc3ccccc3cc2N=C/C(C(=O)c2ccccc2O)=C/Nc2cc3ccccc3cc2N=C1)c1ccccc1O. The fraction of sp³-hybridized carbons (Fsp3) is 0. The molecule has 0 spiro atoms. The molecular weight excluding hydrogens is 600 g/mol. The number of rotatable bonds is 4. The predicted molar refractivity (Wildman–Crippen MR) is 192 cm³/mol. The molecule has 0 saturated heterocycles. The van der Waals surface area contributed by atoms with Crippen LogP contribution in [0.25, 0.3) is 21.5 Å². The van der Waals surface area contributed by atoms with Crippen LogP contribution in [0, 0.1) is 0 Å². The molecule has 0 fully saturated rings. The molecule has 8 heteroatoms. The lowest BCUT2D eigenvalue weighted by Crippen LogP contribution is -2.09. The molecule has 6 aromatic rings. The Hall–Kier alpha value is -6.80. The fourth-order valence-electron chi connectivity index (χ4n) is 5.46. The first-order valence-corrected chi connectivity index (χ1v) is 15.2. The van der Waals surface area contributed by atoms with Gasteiger partial charge in [0.15, 0.2) is 11.6 Å². The van der Waals surface area contributed by atoms with Crippen molar-refractivity contribution in [3.63, 3.8) is 0 Å². The van der Waals surface area contributed by atoms with Crippen LogP contribution in [-0.4, -0.2) is 34.2 Å². The van der Waals surface area contributed by atoms with E-state index in [1.54, 1.807) is 36.4 Å². The molecule has 232 valence electrons. The van der Waals surface area contributed by atoms with Crippen molar-refractivity contribution in [1.82, 2.24) is 0 Å². The molecule has 7 rings (SSSR count). The van der Waals surface area contributed by atoms with Gasteiger partial charge in [0.2, 0.25) is 0 Å². The third kappa shape index (κ3) is 6.05. The number of aliphatic imine (C=N–C) groups is 2. The number of phenols is 2. The van der Waals surface area contributed by atoms with E-state index in [9.17, 15) is 19.8 Å². The Morgan fingerprint density at radius 2 is 0.833 bits per heavy atom. The van der Waals surface area contributed by atoms with Gasteiger partial charge in [-0.1, -0.05) is 72.8 Å². The van der Waals surface area contributed by atoms with E-state index < -0.39 is 11.6 Å². The number of ketones is 2. The Morgan fingerprint density at radius 3 is 1.23 bits per heavy atom. The zero-order chi connectivity index (χ0) is 33.0. The van der Waals surface area contributed by atoms with Gasteiger partial charge in [-0.15, -0.1) is 0 Å². The summed E-state index contributed by atoms with van der Waals surface area (Å²) in [4.78, 5) is 37.1. The van der Waals surface area contributed by atoms with E-state index in [1.807, 2.05) is 72.8 Å². The second kappa shape index (κ2) is 12.9. The molecule has 6 aromatic carbocycles. The molecule has 1 heterocycles. The summed E-state index contributed by atoms with van der Waals surface area (Å²) in [7, 11) is 0. The van der Waals surface area contributed by atoms with Gasteiger partial charge in [-0.05, 0) is 70.1 Å². The van der Waals surface area contributed by atoms with Gasteiger partial charge in [-0.2, -0.15) is 0 Å². The second-order valence-electron chi connectivity index (χ2n) is 11.1. The number of allylic oxidation sites excluding steroid dienone is 2. The molecule has 0 atom stereocenters. The molecule has 0 amide bonds. The van der Waals surface area contributed by atoms with Crippen molar-refractivity contribution in [2.45, 2.75) is 0 Å². The predicted octanol–water partition coefficient (Wildman–Crippen LogP) is 8.88. The van der Waals surface area contributed by atoms with Crippen LogP contribution in [0.3, 0.4) is 0 Å². The molecule has 0 unspecified atom stereocenters. The standard InChI is InChI=1S/C40H28N4O4/c45-37-15-7-5-13-31(37)39(47)29-21-41-33-17-25-9-1-2-10-26(25)18-34(33)42-22-30(40(48)32-14-6-8-16-38(32)46)24-44-36-20-28-12-4-3-11-27(28)19-35(36)43-23-29/h1-24,41,44-46H/b29-21-,30-24-,42-22?,43-23?. The molecule has 8 nitrogen and oxygen atoms in total. The summed E-state index contributed by atoms with van der Waals surface area (Å²) in [6.45, 7) is 0. The van der Waals surface area contributed by atoms with Crippen molar-refractivity contribution in [3.8, 4) is 11.5 Å². The van der Waals surface area contributed by atoms with Crippen molar-refractivity contribution >= 4 is 68.3 Å². The molecule has 1 aliphatic rings. The van der Waals surface area contributed by atoms with Gasteiger partial charge in [0.25, 0.3) is 0 Å². The number of carbonyl (C=O) groups is 2. The van der Waals surface area contributed by atoms with E-state index in [0.29, 0.717) is 22.7 Å². The first-order chi connectivity index (χ1) is 23.4. The molecule has 0 aliphatic carbocycles. The molecular formula is C40H28N4O4. The molecule has 0 radical (unpaired) electrons. The molecule has 0 bridgehead atoms. The minimum absolute atomic E-state index is 0.127. The second-order valence-corrected chi connectivity index (χ2v) is 11.1. The Balaban J connectivity index is 1.43. The number of aromatic hydroxyl groups is 2. The number of benzene rings is 6. The highest BCUT2D eigenvalue weighted by atomic mass is 16.3. The summed E-state index contributed by atoms with van der Waals surface area (Å²) in [5, 5.41) is 31.2. The van der Waals surface area contributed by atoms with Gasteiger partial charge in [-0.3, -0.25) is 19.6 Å². The first kappa shape index (κ1) is 29.9. The fourth-order valence-corrected chi connectivity index (χ4v) is 5.46. The van der Waals surface area contributed by atoms with Crippen LogP contribution in [0.15, 0.2) is 155 Å². The van der Waals surface area contributed by atoms with Crippen LogP contribution in [0.1, 0.15) is 20.7 Å². The monoisotopic (exact) mass is 628 g/mol. The highest BCUT2D eigenvalue weighted by Gasteiger charge is 2.18. The average molecular weight is 629 g/mol. The normalized spacial score (nSPS) is 15.1. The number of nitrogens with one attached hydrogen (secondary N) is 2. The van der Waals surface area contributed by atoms with Crippen molar-refractivity contribution < 1.29 is 19.8 Å². The largest absolute Gasteiger partial charge is 0.507 e. The van der Waals surface area contributed by atoms with Crippen LogP contribution < -0.4 is 10.6 Å². The van der Waals surface area contributed by atoms with Crippen LogP contribution in [0.5, 0.6) is 11.5 Å². The van der Waals surface area contributed by atoms with Gasteiger partial charge < -0.3 is 20.8 Å². The maximum atomic E-state index is 13.8. The number of carbonyl (C=O) groups excluding carboxylic acids is 2. The molecule has 0 saturated carbocycles. The van der Waals surface area contributed by atoms with Crippen LogP contribution in [0.4, 0.5) is 22.7 Å². The van der Waals surface area contributed by atoms with Gasteiger partial charge >= 0.3 is 0 Å². The zero-order valence-electron chi connectivity index (χ0n) is 25.5. The lowest BCUT2D eigenvalue weighted by atomic mass is 10.0. The smallest absolute Gasteiger partial charge is 0.199 e. The number of para-hydroxylation sites is 2. The topological polar surface area (TPSA) is 123 Å². The quantitative estimate of drug-likeness (QED) is 0.145. The van der Waals surface area contributed by atoms with Gasteiger partial charge in [0.05, 0.1) is 45.0 Å². The summed E-state index contributed by atoms with van der Waals surface area (Å²) < 4.78 is 0. The minimum atomic E-state index is -0.437.